The molecule has 4 heterocycles. The molecular formula is C13H13N5O2S. The zero-order valence-electron chi connectivity index (χ0n) is 11.6. The molecule has 2 aromatic heterocycles. The molecule has 7 nitrogen and oxygen atoms in total. The highest BCUT2D eigenvalue weighted by atomic mass is 32.1. The molecule has 2 aliphatic rings. The molecular weight excluding hydrogens is 290 g/mol. The molecule has 0 radical (unpaired) electrons. The van der Waals surface area contributed by atoms with Crippen LogP contribution in [0.1, 0.15) is 10.4 Å². The van der Waals surface area contributed by atoms with Gasteiger partial charge in [0.1, 0.15) is 17.0 Å². The quantitative estimate of drug-likeness (QED) is 0.758. The number of thiophene rings is 1. The van der Waals surface area contributed by atoms with Crippen molar-refractivity contribution in [3.63, 3.8) is 0 Å². The van der Waals surface area contributed by atoms with Crippen LogP contribution in [0.15, 0.2) is 6.33 Å². The van der Waals surface area contributed by atoms with Gasteiger partial charge in [0, 0.05) is 4.88 Å². The molecule has 0 atom stereocenters. The Balaban J connectivity index is 1.71. The number of nitrogens with one attached hydrogen (secondary N) is 2. The Morgan fingerprint density at radius 1 is 1.29 bits per heavy atom. The van der Waals surface area contributed by atoms with Gasteiger partial charge < -0.3 is 10.2 Å². The SMILES string of the molecule is Cc1sc2ncnc(N3CC4(C3)NC(=O)NC4=O)c2c1C. The van der Waals surface area contributed by atoms with E-state index in [0.29, 0.717) is 13.1 Å². The van der Waals surface area contributed by atoms with E-state index in [9.17, 15) is 9.59 Å². The predicted octanol–water partition coefficient (Wildman–Crippen LogP) is 0.706. The van der Waals surface area contributed by atoms with Crippen LogP contribution in [0.3, 0.4) is 0 Å². The number of anilines is 1. The molecule has 2 aromatic rings. The van der Waals surface area contributed by atoms with Gasteiger partial charge in [0.2, 0.25) is 0 Å². The average Bonchev–Trinajstić information content (AvgIpc) is 2.85. The summed E-state index contributed by atoms with van der Waals surface area (Å²) < 4.78 is 0. The van der Waals surface area contributed by atoms with E-state index in [1.807, 2.05) is 4.90 Å². The van der Waals surface area contributed by atoms with E-state index in [-0.39, 0.29) is 5.91 Å². The highest BCUT2D eigenvalue weighted by Crippen LogP contribution is 2.37. The molecule has 108 valence electrons. The molecule has 4 rings (SSSR count). The van der Waals surface area contributed by atoms with E-state index >= 15 is 0 Å². The molecule has 3 amide bonds. The molecule has 0 saturated carbocycles. The lowest BCUT2D eigenvalue weighted by molar-refractivity contribution is -0.124. The van der Waals surface area contributed by atoms with Crippen molar-refractivity contribution in [2.75, 3.05) is 18.0 Å². The fraction of sp³-hybridized carbons (Fsp3) is 0.385. The van der Waals surface area contributed by atoms with Crippen molar-refractivity contribution in [3.05, 3.63) is 16.8 Å². The van der Waals surface area contributed by atoms with Gasteiger partial charge in [-0.15, -0.1) is 11.3 Å². The second-order valence-electron chi connectivity index (χ2n) is 5.51. The molecule has 0 aliphatic carbocycles. The van der Waals surface area contributed by atoms with Crippen LogP contribution in [0, 0.1) is 13.8 Å². The summed E-state index contributed by atoms with van der Waals surface area (Å²) >= 11 is 1.64. The molecule has 2 N–H and O–H groups in total. The van der Waals surface area contributed by atoms with Gasteiger partial charge in [-0.05, 0) is 19.4 Å². The Bertz CT molecular complexity index is 793. The maximum absolute atomic E-state index is 11.8. The molecule has 21 heavy (non-hydrogen) atoms. The highest BCUT2D eigenvalue weighted by Gasteiger charge is 2.55. The van der Waals surface area contributed by atoms with Crippen LogP contribution in [-0.4, -0.2) is 40.5 Å². The molecule has 2 fully saturated rings. The first-order chi connectivity index (χ1) is 10.00. The number of carbonyl (C=O) groups excluding carboxylic acids is 2. The summed E-state index contributed by atoms with van der Waals surface area (Å²) in [4.78, 5) is 36.0. The Morgan fingerprint density at radius 3 is 2.71 bits per heavy atom. The van der Waals surface area contributed by atoms with Gasteiger partial charge in [-0.3, -0.25) is 10.1 Å². The van der Waals surface area contributed by atoms with E-state index < -0.39 is 11.6 Å². The Hall–Kier alpha value is -2.22. The number of aromatic nitrogens is 2. The summed E-state index contributed by atoms with van der Waals surface area (Å²) in [6, 6.07) is -0.421. The van der Waals surface area contributed by atoms with Gasteiger partial charge in [0.05, 0.1) is 18.5 Å². The number of carbonyl (C=O) groups is 2. The number of fused-ring (bicyclic) bond motifs is 1. The van der Waals surface area contributed by atoms with Crippen LogP contribution < -0.4 is 15.5 Å². The molecule has 2 aliphatic heterocycles. The van der Waals surface area contributed by atoms with Gasteiger partial charge in [-0.25, -0.2) is 14.8 Å². The lowest BCUT2D eigenvalue weighted by Crippen LogP contribution is -2.71. The first-order valence-corrected chi connectivity index (χ1v) is 7.41. The van der Waals surface area contributed by atoms with Crippen LogP contribution in [0.25, 0.3) is 10.2 Å². The normalized spacial score (nSPS) is 19.8. The second-order valence-corrected chi connectivity index (χ2v) is 6.71. The summed E-state index contributed by atoms with van der Waals surface area (Å²) in [6.07, 6.45) is 1.55. The van der Waals surface area contributed by atoms with E-state index in [1.54, 1.807) is 17.7 Å². The number of hydrogen-bond acceptors (Lipinski definition) is 6. The van der Waals surface area contributed by atoms with Crippen LogP contribution in [-0.2, 0) is 4.79 Å². The lowest BCUT2D eigenvalue weighted by atomic mass is 9.90. The van der Waals surface area contributed by atoms with Crippen molar-refractivity contribution in [2.24, 2.45) is 0 Å². The molecule has 2 saturated heterocycles. The third-order valence-electron chi connectivity index (χ3n) is 4.18. The Labute approximate surface area is 124 Å². The van der Waals surface area contributed by atoms with E-state index in [4.69, 9.17) is 0 Å². The van der Waals surface area contributed by atoms with Crippen molar-refractivity contribution < 1.29 is 9.59 Å². The van der Waals surface area contributed by atoms with Crippen LogP contribution in [0.5, 0.6) is 0 Å². The number of nitrogens with zero attached hydrogens (tertiary/aromatic N) is 3. The van der Waals surface area contributed by atoms with Gasteiger partial charge in [0.15, 0.2) is 5.54 Å². The van der Waals surface area contributed by atoms with Crippen molar-refractivity contribution in [3.8, 4) is 0 Å². The third-order valence-corrected chi connectivity index (χ3v) is 5.30. The van der Waals surface area contributed by atoms with Crippen molar-refractivity contribution >= 4 is 39.3 Å². The minimum atomic E-state index is -0.798. The Kier molecular flexibility index (Phi) is 2.33. The number of imide groups is 1. The molecule has 0 bridgehead atoms. The molecule has 1 spiro atoms. The predicted molar refractivity (Wildman–Crippen MR) is 78.5 cm³/mol. The van der Waals surface area contributed by atoms with Crippen LogP contribution in [0.2, 0.25) is 0 Å². The zero-order valence-corrected chi connectivity index (χ0v) is 12.4. The number of aryl methyl sites for hydroxylation is 2. The van der Waals surface area contributed by atoms with E-state index in [2.05, 4.69) is 34.4 Å². The molecule has 8 heteroatoms. The van der Waals surface area contributed by atoms with Gasteiger partial charge in [-0.1, -0.05) is 0 Å². The fourth-order valence-electron chi connectivity index (χ4n) is 2.91. The van der Waals surface area contributed by atoms with Crippen molar-refractivity contribution in [1.29, 1.82) is 0 Å². The second kappa shape index (κ2) is 3.91. The summed E-state index contributed by atoms with van der Waals surface area (Å²) in [6.45, 7) is 4.99. The summed E-state index contributed by atoms with van der Waals surface area (Å²) in [5.41, 5.74) is 0.374. The Morgan fingerprint density at radius 2 is 2.05 bits per heavy atom. The van der Waals surface area contributed by atoms with Crippen LogP contribution >= 0.6 is 11.3 Å². The minimum absolute atomic E-state index is 0.257. The van der Waals surface area contributed by atoms with Gasteiger partial charge in [-0.2, -0.15) is 0 Å². The summed E-state index contributed by atoms with van der Waals surface area (Å²) in [5, 5.41) is 6.03. The molecule has 0 unspecified atom stereocenters. The minimum Gasteiger partial charge on any atom is -0.350 e. The molecule has 0 aromatic carbocycles. The average molecular weight is 303 g/mol. The van der Waals surface area contributed by atoms with Crippen molar-refractivity contribution in [1.82, 2.24) is 20.6 Å². The first kappa shape index (κ1) is 12.5. The zero-order chi connectivity index (χ0) is 14.8. The standard InChI is InChI=1S/C13H13N5O2S/c1-6-7(2)21-10-8(6)9(14-5-15-10)18-3-13(4-18)11(19)16-12(20)17-13/h5H,3-4H2,1-2H3,(H2,16,17,19,20). The summed E-state index contributed by atoms with van der Waals surface area (Å²) in [7, 11) is 0. The van der Waals surface area contributed by atoms with E-state index in [1.165, 1.54) is 10.4 Å². The smallest absolute Gasteiger partial charge is 0.322 e. The van der Waals surface area contributed by atoms with Gasteiger partial charge in [0.25, 0.3) is 5.91 Å². The van der Waals surface area contributed by atoms with Crippen molar-refractivity contribution in [2.45, 2.75) is 19.4 Å². The number of hydrogen-bond donors (Lipinski definition) is 2. The maximum atomic E-state index is 11.8. The maximum Gasteiger partial charge on any atom is 0.322 e. The van der Waals surface area contributed by atoms with Gasteiger partial charge >= 0.3 is 6.03 Å². The fourth-order valence-corrected chi connectivity index (χ4v) is 3.90. The number of rotatable bonds is 1. The largest absolute Gasteiger partial charge is 0.350 e. The lowest BCUT2D eigenvalue weighted by Gasteiger charge is -2.46. The third kappa shape index (κ3) is 1.59. The first-order valence-electron chi connectivity index (χ1n) is 6.59. The highest BCUT2D eigenvalue weighted by molar-refractivity contribution is 7.18. The number of amides is 3. The topological polar surface area (TPSA) is 87.2 Å². The number of urea groups is 1. The summed E-state index contributed by atoms with van der Waals surface area (Å²) in [5.74, 6) is 0.577. The van der Waals surface area contributed by atoms with Crippen LogP contribution in [0.4, 0.5) is 10.6 Å². The monoisotopic (exact) mass is 303 g/mol. The van der Waals surface area contributed by atoms with E-state index in [0.717, 1.165) is 16.0 Å².